The van der Waals surface area contributed by atoms with Crippen molar-refractivity contribution in [1.29, 1.82) is 0 Å². The number of carbonyl (C=O) groups excluding carboxylic acids is 3. The zero-order valence-corrected chi connectivity index (χ0v) is 16.7. The lowest BCUT2D eigenvalue weighted by atomic mass is 9.97. The third kappa shape index (κ3) is 6.61. The molecule has 0 bridgehead atoms. The molecule has 1 saturated heterocycles. The molecule has 30 heavy (non-hydrogen) atoms. The Balaban J connectivity index is 1.92. The first-order valence-electron chi connectivity index (χ1n) is 9.19. The first kappa shape index (κ1) is 22.9. The van der Waals surface area contributed by atoms with Crippen molar-refractivity contribution in [3.05, 3.63) is 35.4 Å². The second-order valence-electron chi connectivity index (χ2n) is 7.49. The summed E-state index contributed by atoms with van der Waals surface area (Å²) in [6.45, 7) is 4.31. The van der Waals surface area contributed by atoms with Crippen molar-refractivity contribution in [3.63, 3.8) is 0 Å². The van der Waals surface area contributed by atoms with Crippen molar-refractivity contribution >= 4 is 17.7 Å². The molecule has 9 nitrogen and oxygen atoms in total. The third-order valence-electron chi connectivity index (χ3n) is 4.38. The number of carbonyl (C=O) groups is 3. The van der Waals surface area contributed by atoms with Gasteiger partial charge in [-0.25, -0.2) is 5.48 Å². The van der Waals surface area contributed by atoms with E-state index in [1.54, 1.807) is 12.1 Å². The molecule has 0 aliphatic carbocycles. The van der Waals surface area contributed by atoms with Gasteiger partial charge in [0.25, 0.3) is 11.8 Å². The van der Waals surface area contributed by atoms with Crippen LogP contribution in [0.25, 0.3) is 0 Å². The van der Waals surface area contributed by atoms with E-state index in [0.717, 1.165) is 0 Å². The molecule has 0 spiro atoms. The molecule has 1 aromatic rings. The maximum Gasteiger partial charge on any atom is 0.268 e. The molecule has 0 aromatic heterocycles. The molecule has 1 fully saturated rings. The largest absolute Gasteiger partial charge is 0.388 e. The standard InChI is InChI=1S/C21H24N4O5/c1-21(2,29)18(20(28)24-30)23-19(27)16-9-7-14(8-10-16)5-3-4-6-15-11-25(12-15)13-17(22)26/h7-10,15,18,29-30H,11-13H2,1-2H3,(H2,22,26)(H,23,27)(H,24,28). The fourth-order valence-corrected chi connectivity index (χ4v) is 2.80. The van der Waals surface area contributed by atoms with Gasteiger partial charge in [-0.15, -0.1) is 0 Å². The van der Waals surface area contributed by atoms with Crippen molar-refractivity contribution in [2.75, 3.05) is 19.6 Å². The topological polar surface area (TPSA) is 145 Å². The molecule has 1 aromatic carbocycles. The van der Waals surface area contributed by atoms with Crippen LogP contribution in [-0.4, -0.2) is 64.2 Å². The van der Waals surface area contributed by atoms with E-state index in [-0.39, 0.29) is 23.9 Å². The van der Waals surface area contributed by atoms with Crippen molar-refractivity contribution < 1.29 is 24.7 Å². The van der Waals surface area contributed by atoms with Gasteiger partial charge in [0, 0.05) is 30.1 Å². The molecule has 0 saturated carbocycles. The normalized spacial score (nSPS) is 14.8. The quantitative estimate of drug-likeness (QED) is 0.226. The molecule has 0 radical (unpaired) electrons. The second kappa shape index (κ2) is 9.90. The van der Waals surface area contributed by atoms with E-state index in [1.807, 2.05) is 4.90 Å². The lowest BCUT2D eigenvalue weighted by molar-refractivity contribution is -0.136. The number of nitrogens with zero attached hydrogens (tertiary/aromatic N) is 1. The van der Waals surface area contributed by atoms with Crippen molar-refractivity contribution in [1.82, 2.24) is 15.7 Å². The van der Waals surface area contributed by atoms with Crippen LogP contribution in [0, 0.1) is 29.6 Å². The zero-order chi connectivity index (χ0) is 22.3. The first-order valence-corrected chi connectivity index (χ1v) is 9.19. The number of likely N-dealkylation sites (tertiary alicyclic amines) is 1. The van der Waals surface area contributed by atoms with Crippen LogP contribution in [0.5, 0.6) is 0 Å². The summed E-state index contributed by atoms with van der Waals surface area (Å²) >= 11 is 0. The molecule has 2 rings (SSSR count). The van der Waals surface area contributed by atoms with Crippen LogP contribution in [0.1, 0.15) is 29.8 Å². The van der Waals surface area contributed by atoms with Crippen molar-refractivity contribution in [2.45, 2.75) is 25.5 Å². The van der Waals surface area contributed by atoms with E-state index in [2.05, 4.69) is 29.0 Å². The minimum atomic E-state index is -1.58. The van der Waals surface area contributed by atoms with E-state index in [4.69, 9.17) is 10.9 Å². The van der Waals surface area contributed by atoms with Gasteiger partial charge in [-0.2, -0.15) is 0 Å². The number of hydrogen-bond donors (Lipinski definition) is 5. The number of rotatable bonds is 6. The van der Waals surface area contributed by atoms with Crippen LogP contribution in [0.3, 0.4) is 0 Å². The summed E-state index contributed by atoms with van der Waals surface area (Å²) in [4.78, 5) is 36.7. The Hall–Kier alpha value is -3.37. The fourth-order valence-electron chi connectivity index (χ4n) is 2.80. The SMILES string of the molecule is CC(C)(O)C(NC(=O)c1ccc(C#CC#CC2CN(CC(N)=O)C2)cc1)C(=O)NO. The molecule has 6 N–H and O–H groups in total. The number of benzene rings is 1. The summed E-state index contributed by atoms with van der Waals surface area (Å²) in [5.74, 6) is 9.70. The third-order valence-corrected chi connectivity index (χ3v) is 4.38. The molecule has 158 valence electrons. The van der Waals surface area contributed by atoms with Gasteiger partial charge in [-0.3, -0.25) is 24.5 Å². The van der Waals surface area contributed by atoms with Gasteiger partial charge < -0.3 is 16.2 Å². The Morgan fingerprint density at radius 3 is 2.40 bits per heavy atom. The minimum Gasteiger partial charge on any atom is -0.388 e. The molecule has 1 atom stereocenters. The van der Waals surface area contributed by atoms with Gasteiger partial charge >= 0.3 is 0 Å². The van der Waals surface area contributed by atoms with Crippen LogP contribution < -0.4 is 16.5 Å². The summed E-state index contributed by atoms with van der Waals surface area (Å²) in [6, 6.07) is 4.98. The maximum absolute atomic E-state index is 12.3. The Morgan fingerprint density at radius 1 is 1.23 bits per heavy atom. The zero-order valence-electron chi connectivity index (χ0n) is 16.7. The Kier molecular flexibility index (Phi) is 7.56. The molecule has 1 aliphatic heterocycles. The molecule has 3 amide bonds. The van der Waals surface area contributed by atoms with E-state index in [0.29, 0.717) is 18.7 Å². The Morgan fingerprint density at radius 2 is 1.87 bits per heavy atom. The fraction of sp³-hybridized carbons (Fsp3) is 0.381. The number of hydrogen-bond acceptors (Lipinski definition) is 6. The highest BCUT2D eigenvalue weighted by molar-refractivity contribution is 5.97. The molecular formula is C21H24N4O5. The highest BCUT2D eigenvalue weighted by Gasteiger charge is 2.34. The predicted octanol–water partition coefficient (Wildman–Crippen LogP) is -1.17. The van der Waals surface area contributed by atoms with Crippen LogP contribution in [-0.2, 0) is 9.59 Å². The highest BCUT2D eigenvalue weighted by atomic mass is 16.5. The average molecular weight is 412 g/mol. The number of aliphatic hydroxyl groups is 1. The Bertz CT molecular complexity index is 923. The van der Waals surface area contributed by atoms with Crippen molar-refractivity contribution in [3.8, 4) is 23.7 Å². The van der Waals surface area contributed by atoms with E-state index in [9.17, 15) is 19.5 Å². The summed E-state index contributed by atoms with van der Waals surface area (Å²) in [5.41, 5.74) is 5.88. The smallest absolute Gasteiger partial charge is 0.268 e. The van der Waals surface area contributed by atoms with Gasteiger partial charge in [-0.05, 0) is 50.0 Å². The lowest BCUT2D eigenvalue weighted by Crippen LogP contribution is -2.57. The van der Waals surface area contributed by atoms with Crippen LogP contribution in [0.15, 0.2) is 24.3 Å². The number of nitrogens with two attached hydrogens (primary N) is 1. The molecule has 1 unspecified atom stereocenters. The summed E-state index contributed by atoms with van der Waals surface area (Å²) in [5, 5.41) is 21.2. The van der Waals surface area contributed by atoms with Crippen LogP contribution in [0.2, 0.25) is 0 Å². The van der Waals surface area contributed by atoms with Crippen molar-refractivity contribution in [2.24, 2.45) is 11.7 Å². The number of nitrogens with one attached hydrogen (secondary N) is 2. The Labute approximate surface area is 174 Å². The molecule has 9 heteroatoms. The van der Waals surface area contributed by atoms with Gasteiger partial charge in [-0.1, -0.05) is 11.8 Å². The summed E-state index contributed by atoms with van der Waals surface area (Å²) in [7, 11) is 0. The minimum absolute atomic E-state index is 0.171. The number of amides is 3. The second-order valence-corrected chi connectivity index (χ2v) is 7.49. The summed E-state index contributed by atoms with van der Waals surface area (Å²) < 4.78 is 0. The van der Waals surface area contributed by atoms with Gasteiger partial charge in [0.15, 0.2) is 0 Å². The van der Waals surface area contributed by atoms with E-state index >= 15 is 0 Å². The summed E-state index contributed by atoms with van der Waals surface area (Å²) in [6.07, 6.45) is 0. The highest BCUT2D eigenvalue weighted by Crippen LogP contribution is 2.13. The molecule has 1 heterocycles. The number of hydroxylamine groups is 1. The predicted molar refractivity (Wildman–Crippen MR) is 108 cm³/mol. The molecular weight excluding hydrogens is 388 g/mol. The van der Waals surface area contributed by atoms with E-state index in [1.165, 1.54) is 31.5 Å². The monoisotopic (exact) mass is 412 g/mol. The van der Waals surface area contributed by atoms with Crippen LogP contribution >= 0.6 is 0 Å². The van der Waals surface area contributed by atoms with Gasteiger partial charge in [0.1, 0.15) is 6.04 Å². The van der Waals surface area contributed by atoms with Crippen LogP contribution in [0.4, 0.5) is 0 Å². The maximum atomic E-state index is 12.3. The van der Waals surface area contributed by atoms with Gasteiger partial charge in [0.05, 0.1) is 12.1 Å². The van der Waals surface area contributed by atoms with E-state index < -0.39 is 23.5 Å². The lowest BCUT2D eigenvalue weighted by Gasteiger charge is -2.34. The first-order chi connectivity index (χ1) is 14.1. The van der Waals surface area contributed by atoms with Gasteiger partial charge in [0.2, 0.25) is 5.91 Å². The molecule has 1 aliphatic rings. The average Bonchev–Trinajstić information content (AvgIpc) is 2.65. The number of primary amides is 1.